The first-order valence-corrected chi connectivity index (χ1v) is 8.03. The van der Waals surface area contributed by atoms with Crippen LogP contribution in [0.4, 0.5) is 5.95 Å². The van der Waals surface area contributed by atoms with E-state index in [0.717, 1.165) is 53.2 Å². The van der Waals surface area contributed by atoms with Gasteiger partial charge in [-0.2, -0.15) is 0 Å². The number of nitrogens with two attached hydrogens (primary N) is 1. The van der Waals surface area contributed by atoms with Crippen molar-refractivity contribution in [3.8, 4) is 11.1 Å². The van der Waals surface area contributed by atoms with Gasteiger partial charge in [0.1, 0.15) is 0 Å². The lowest BCUT2D eigenvalue weighted by Crippen LogP contribution is -2.40. The summed E-state index contributed by atoms with van der Waals surface area (Å²) in [5, 5.41) is 0. The molecule has 110 valence electrons. The molecular formula is C16H19BrN4. The van der Waals surface area contributed by atoms with Gasteiger partial charge in [-0.15, -0.1) is 0 Å². The van der Waals surface area contributed by atoms with Crippen molar-refractivity contribution in [2.45, 2.75) is 25.8 Å². The summed E-state index contributed by atoms with van der Waals surface area (Å²) in [6.07, 6.45) is 3.95. The Morgan fingerprint density at radius 3 is 2.48 bits per heavy atom. The van der Waals surface area contributed by atoms with Crippen molar-refractivity contribution in [3.63, 3.8) is 0 Å². The van der Waals surface area contributed by atoms with Crippen LogP contribution >= 0.6 is 15.9 Å². The molecule has 2 N–H and O–H groups in total. The number of aryl methyl sites for hydroxylation is 1. The van der Waals surface area contributed by atoms with Gasteiger partial charge in [0, 0.05) is 35.4 Å². The second-order valence-corrected chi connectivity index (χ2v) is 6.42. The van der Waals surface area contributed by atoms with E-state index < -0.39 is 0 Å². The summed E-state index contributed by atoms with van der Waals surface area (Å²) in [6.45, 7) is 3.93. The molecular weight excluding hydrogens is 328 g/mol. The highest BCUT2D eigenvalue weighted by atomic mass is 79.9. The summed E-state index contributed by atoms with van der Waals surface area (Å²) in [7, 11) is 0. The molecule has 21 heavy (non-hydrogen) atoms. The van der Waals surface area contributed by atoms with Crippen LogP contribution < -0.4 is 10.6 Å². The molecule has 0 saturated carbocycles. The Bertz CT molecular complexity index is 619. The van der Waals surface area contributed by atoms with Gasteiger partial charge in [-0.05, 0) is 37.5 Å². The number of anilines is 1. The first-order valence-electron chi connectivity index (χ1n) is 7.23. The van der Waals surface area contributed by atoms with Crippen molar-refractivity contribution in [1.82, 2.24) is 9.97 Å². The summed E-state index contributed by atoms with van der Waals surface area (Å²) in [5.74, 6) is 0.820. The Morgan fingerprint density at radius 1 is 1.19 bits per heavy atom. The van der Waals surface area contributed by atoms with Gasteiger partial charge in [-0.3, -0.25) is 0 Å². The van der Waals surface area contributed by atoms with Crippen molar-refractivity contribution in [1.29, 1.82) is 0 Å². The molecule has 1 aliphatic rings. The molecule has 0 aliphatic carbocycles. The van der Waals surface area contributed by atoms with E-state index in [1.165, 1.54) is 0 Å². The van der Waals surface area contributed by atoms with Crippen LogP contribution in [0.25, 0.3) is 11.1 Å². The van der Waals surface area contributed by atoms with Gasteiger partial charge in [0.05, 0.1) is 5.69 Å². The highest BCUT2D eigenvalue weighted by molar-refractivity contribution is 9.10. The van der Waals surface area contributed by atoms with Crippen molar-refractivity contribution < 1.29 is 0 Å². The fraction of sp³-hybridized carbons (Fsp3) is 0.375. The SMILES string of the molecule is Cc1nc(N2CCC(N)CC2)ncc1-c1ccc(Br)cc1. The Kier molecular flexibility index (Phi) is 4.22. The molecule has 5 heteroatoms. The molecule has 1 fully saturated rings. The molecule has 1 aromatic carbocycles. The molecule has 2 heterocycles. The molecule has 3 rings (SSSR count). The summed E-state index contributed by atoms with van der Waals surface area (Å²) < 4.78 is 1.08. The minimum atomic E-state index is 0.324. The number of hydrogen-bond donors (Lipinski definition) is 1. The second-order valence-electron chi connectivity index (χ2n) is 5.50. The Hall–Kier alpha value is -1.46. The molecule has 0 unspecified atom stereocenters. The summed E-state index contributed by atoms with van der Waals surface area (Å²) >= 11 is 3.46. The van der Waals surface area contributed by atoms with Crippen molar-refractivity contribution in [2.75, 3.05) is 18.0 Å². The van der Waals surface area contributed by atoms with Gasteiger partial charge in [-0.1, -0.05) is 28.1 Å². The zero-order valence-corrected chi connectivity index (χ0v) is 13.7. The first kappa shape index (κ1) is 14.5. The van der Waals surface area contributed by atoms with Crippen LogP contribution in [0, 0.1) is 6.92 Å². The number of halogens is 1. The number of nitrogens with zero attached hydrogens (tertiary/aromatic N) is 3. The molecule has 1 saturated heterocycles. The average Bonchev–Trinajstić information content (AvgIpc) is 2.49. The number of hydrogen-bond acceptors (Lipinski definition) is 4. The van der Waals surface area contributed by atoms with Crippen LogP contribution in [0.3, 0.4) is 0 Å². The van der Waals surface area contributed by atoms with E-state index in [1.54, 1.807) is 0 Å². The van der Waals surface area contributed by atoms with Gasteiger partial charge in [0.2, 0.25) is 5.95 Å². The molecule has 1 aliphatic heterocycles. The first-order chi connectivity index (χ1) is 10.1. The molecule has 1 aromatic heterocycles. The third-order valence-corrected chi connectivity index (χ3v) is 4.47. The normalized spacial score (nSPS) is 16.2. The van der Waals surface area contributed by atoms with E-state index in [0.29, 0.717) is 6.04 Å². The smallest absolute Gasteiger partial charge is 0.225 e. The third kappa shape index (κ3) is 3.24. The third-order valence-electron chi connectivity index (χ3n) is 3.94. The predicted octanol–water partition coefficient (Wildman–Crippen LogP) is 3.14. The Labute approximate surface area is 133 Å². The topological polar surface area (TPSA) is 55.0 Å². The van der Waals surface area contributed by atoms with Crippen LogP contribution in [0.2, 0.25) is 0 Å². The summed E-state index contributed by atoms with van der Waals surface area (Å²) in [6, 6.07) is 8.55. The van der Waals surface area contributed by atoms with Gasteiger partial charge < -0.3 is 10.6 Å². The Balaban J connectivity index is 1.84. The minimum Gasteiger partial charge on any atom is -0.341 e. The molecule has 0 radical (unpaired) electrons. The van der Waals surface area contributed by atoms with E-state index >= 15 is 0 Å². The van der Waals surface area contributed by atoms with Crippen LogP contribution in [0.15, 0.2) is 34.9 Å². The second kappa shape index (κ2) is 6.12. The number of aromatic nitrogens is 2. The zero-order valence-electron chi connectivity index (χ0n) is 12.1. The van der Waals surface area contributed by atoms with Crippen molar-refractivity contribution in [2.24, 2.45) is 5.73 Å². The molecule has 0 bridgehead atoms. The fourth-order valence-corrected chi connectivity index (χ4v) is 2.88. The molecule has 2 aromatic rings. The van der Waals surface area contributed by atoms with E-state index in [-0.39, 0.29) is 0 Å². The van der Waals surface area contributed by atoms with E-state index in [2.05, 4.69) is 42.9 Å². The lowest BCUT2D eigenvalue weighted by Gasteiger charge is -2.30. The maximum atomic E-state index is 5.95. The molecule has 0 amide bonds. The molecule has 0 spiro atoms. The lowest BCUT2D eigenvalue weighted by molar-refractivity contribution is 0.495. The number of piperidine rings is 1. The molecule has 0 atom stereocenters. The van der Waals surface area contributed by atoms with Gasteiger partial charge in [-0.25, -0.2) is 9.97 Å². The highest BCUT2D eigenvalue weighted by Crippen LogP contribution is 2.25. The Morgan fingerprint density at radius 2 is 1.86 bits per heavy atom. The predicted molar refractivity (Wildman–Crippen MR) is 89.3 cm³/mol. The quantitative estimate of drug-likeness (QED) is 0.907. The van der Waals surface area contributed by atoms with E-state index in [4.69, 9.17) is 5.73 Å². The summed E-state index contributed by atoms with van der Waals surface area (Å²) in [4.78, 5) is 11.5. The van der Waals surface area contributed by atoms with Gasteiger partial charge in [0.25, 0.3) is 0 Å². The molecule has 4 nitrogen and oxygen atoms in total. The van der Waals surface area contributed by atoms with Gasteiger partial charge >= 0.3 is 0 Å². The standard InChI is InChI=1S/C16H19BrN4/c1-11-15(12-2-4-13(17)5-3-12)10-19-16(20-11)21-8-6-14(18)7-9-21/h2-5,10,14H,6-9,18H2,1H3. The largest absolute Gasteiger partial charge is 0.341 e. The number of benzene rings is 1. The van der Waals surface area contributed by atoms with Crippen LogP contribution in [0.5, 0.6) is 0 Å². The van der Waals surface area contributed by atoms with Crippen LogP contribution in [-0.4, -0.2) is 29.1 Å². The van der Waals surface area contributed by atoms with E-state index in [9.17, 15) is 0 Å². The van der Waals surface area contributed by atoms with Gasteiger partial charge in [0.15, 0.2) is 0 Å². The zero-order chi connectivity index (χ0) is 14.8. The lowest BCUT2D eigenvalue weighted by atomic mass is 10.1. The van der Waals surface area contributed by atoms with Crippen LogP contribution in [0.1, 0.15) is 18.5 Å². The van der Waals surface area contributed by atoms with Crippen molar-refractivity contribution >= 4 is 21.9 Å². The maximum absolute atomic E-state index is 5.95. The minimum absolute atomic E-state index is 0.324. The van der Waals surface area contributed by atoms with Crippen molar-refractivity contribution in [3.05, 3.63) is 40.6 Å². The maximum Gasteiger partial charge on any atom is 0.225 e. The fourth-order valence-electron chi connectivity index (χ4n) is 2.62. The monoisotopic (exact) mass is 346 g/mol. The van der Waals surface area contributed by atoms with E-state index in [1.807, 2.05) is 25.3 Å². The highest BCUT2D eigenvalue weighted by Gasteiger charge is 2.18. The number of rotatable bonds is 2. The average molecular weight is 347 g/mol. The summed E-state index contributed by atoms with van der Waals surface area (Å²) in [5.41, 5.74) is 9.18. The van der Waals surface area contributed by atoms with Crippen LogP contribution in [-0.2, 0) is 0 Å².